The summed E-state index contributed by atoms with van der Waals surface area (Å²) < 4.78 is 10.9. The molecule has 0 aliphatic heterocycles. The van der Waals surface area contributed by atoms with Crippen LogP contribution in [-0.4, -0.2) is 43.0 Å². The lowest BCUT2D eigenvalue weighted by molar-refractivity contribution is -0.142. The first kappa shape index (κ1) is 26.1. The molecule has 184 valence electrons. The Morgan fingerprint density at radius 2 is 1.57 bits per heavy atom. The first-order chi connectivity index (χ1) is 17.0. The molecule has 0 heterocycles. The van der Waals surface area contributed by atoms with E-state index in [0.717, 1.165) is 17.5 Å². The first-order valence-electron chi connectivity index (χ1n) is 11.6. The van der Waals surface area contributed by atoms with Crippen molar-refractivity contribution >= 4 is 23.4 Å². The molecule has 1 unspecified atom stereocenters. The molecule has 0 radical (unpaired) electrons. The maximum absolute atomic E-state index is 13.5. The van der Waals surface area contributed by atoms with E-state index >= 15 is 0 Å². The fourth-order valence-electron chi connectivity index (χ4n) is 3.61. The van der Waals surface area contributed by atoms with E-state index in [2.05, 4.69) is 5.32 Å². The second-order valence-corrected chi connectivity index (χ2v) is 8.55. The molecule has 3 aromatic carbocycles. The summed E-state index contributed by atoms with van der Waals surface area (Å²) in [6, 6.07) is 23.3. The van der Waals surface area contributed by atoms with Crippen LogP contribution >= 0.6 is 11.6 Å². The largest absolute Gasteiger partial charge is 0.497 e. The number of rotatable bonds is 12. The monoisotopic (exact) mass is 494 g/mol. The molecule has 0 saturated carbocycles. The van der Waals surface area contributed by atoms with Gasteiger partial charge in [-0.25, -0.2) is 0 Å². The van der Waals surface area contributed by atoms with Crippen molar-refractivity contribution in [1.82, 2.24) is 10.2 Å². The average Bonchev–Trinajstić information content (AvgIpc) is 2.89. The van der Waals surface area contributed by atoms with Crippen LogP contribution < -0.4 is 14.8 Å². The number of carbonyl (C=O) groups excluding carboxylic acids is 2. The van der Waals surface area contributed by atoms with Crippen molar-refractivity contribution in [2.45, 2.75) is 32.4 Å². The van der Waals surface area contributed by atoms with Crippen LogP contribution in [-0.2, 0) is 22.6 Å². The molecule has 35 heavy (non-hydrogen) atoms. The molecule has 3 rings (SSSR count). The van der Waals surface area contributed by atoms with Gasteiger partial charge < -0.3 is 19.7 Å². The number of halogens is 1. The SMILES string of the molecule is CCCNC(=O)C(Cc1ccccc1)N(Cc1ccc(Cl)cc1)C(=O)COc1ccc(OC)cc1. The number of amides is 2. The van der Waals surface area contributed by atoms with Crippen molar-refractivity contribution in [3.63, 3.8) is 0 Å². The van der Waals surface area contributed by atoms with Crippen molar-refractivity contribution in [2.24, 2.45) is 0 Å². The number of ether oxygens (including phenoxy) is 2. The molecular weight excluding hydrogens is 464 g/mol. The zero-order chi connectivity index (χ0) is 25.0. The number of hydrogen-bond acceptors (Lipinski definition) is 4. The van der Waals surface area contributed by atoms with Crippen LogP contribution in [0.2, 0.25) is 5.02 Å². The highest BCUT2D eigenvalue weighted by molar-refractivity contribution is 6.30. The Hall–Kier alpha value is -3.51. The predicted molar refractivity (Wildman–Crippen MR) is 138 cm³/mol. The van der Waals surface area contributed by atoms with Gasteiger partial charge in [-0.3, -0.25) is 9.59 Å². The lowest BCUT2D eigenvalue weighted by Gasteiger charge is -2.31. The van der Waals surface area contributed by atoms with Gasteiger partial charge in [0.15, 0.2) is 6.61 Å². The molecule has 0 aliphatic carbocycles. The van der Waals surface area contributed by atoms with E-state index < -0.39 is 6.04 Å². The smallest absolute Gasteiger partial charge is 0.261 e. The van der Waals surface area contributed by atoms with Crippen molar-refractivity contribution in [2.75, 3.05) is 20.3 Å². The number of methoxy groups -OCH3 is 1. The van der Waals surface area contributed by atoms with Crippen molar-refractivity contribution in [1.29, 1.82) is 0 Å². The Bertz CT molecular complexity index is 1070. The third-order valence-corrected chi connectivity index (χ3v) is 5.76. The van der Waals surface area contributed by atoms with E-state index in [1.165, 1.54) is 0 Å². The summed E-state index contributed by atoms with van der Waals surface area (Å²) in [4.78, 5) is 28.3. The van der Waals surface area contributed by atoms with Crippen LogP contribution in [0, 0.1) is 0 Å². The fraction of sp³-hybridized carbons (Fsp3) is 0.286. The number of hydrogen-bond donors (Lipinski definition) is 1. The van der Waals surface area contributed by atoms with Crippen LogP contribution in [0.25, 0.3) is 0 Å². The van der Waals surface area contributed by atoms with Crippen LogP contribution in [0.3, 0.4) is 0 Å². The van der Waals surface area contributed by atoms with Gasteiger partial charge in [-0.1, -0.05) is 61.0 Å². The van der Waals surface area contributed by atoms with Crippen LogP contribution in [0.5, 0.6) is 11.5 Å². The molecule has 0 saturated heterocycles. The van der Waals surface area contributed by atoms with Gasteiger partial charge in [-0.15, -0.1) is 0 Å². The molecule has 0 spiro atoms. The quantitative estimate of drug-likeness (QED) is 0.389. The highest BCUT2D eigenvalue weighted by Gasteiger charge is 2.30. The number of nitrogens with one attached hydrogen (secondary N) is 1. The zero-order valence-electron chi connectivity index (χ0n) is 20.1. The molecule has 0 bridgehead atoms. The minimum Gasteiger partial charge on any atom is -0.497 e. The summed E-state index contributed by atoms with van der Waals surface area (Å²) in [5.74, 6) is 0.759. The topological polar surface area (TPSA) is 67.9 Å². The number of carbonyl (C=O) groups is 2. The molecule has 1 N–H and O–H groups in total. The lowest BCUT2D eigenvalue weighted by atomic mass is 10.0. The molecule has 3 aromatic rings. The summed E-state index contributed by atoms with van der Waals surface area (Å²) in [6.45, 7) is 2.58. The summed E-state index contributed by atoms with van der Waals surface area (Å²) in [7, 11) is 1.59. The van der Waals surface area contributed by atoms with Gasteiger partial charge in [-0.05, 0) is 53.9 Å². The molecular formula is C28H31ClN2O4. The van der Waals surface area contributed by atoms with Gasteiger partial charge in [0.05, 0.1) is 7.11 Å². The zero-order valence-corrected chi connectivity index (χ0v) is 20.8. The van der Waals surface area contributed by atoms with E-state index in [0.29, 0.717) is 29.5 Å². The Kier molecular flexibility index (Phi) is 9.99. The van der Waals surface area contributed by atoms with Gasteiger partial charge in [0.1, 0.15) is 17.5 Å². The average molecular weight is 495 g/mol. The van der Waals surface area contributed by atoms with E-state index in [1.54, 1.807) is 48.4 Å². The summed E-state index contributed by atoms with van der Waals surface area (Å²) in [5, 5.41) is 3.57. The molecule has 6 nitrogen and oxygen atoms in total. The lowest BCUT2D eigenvalue weighted by Crippen LogP contribution is -2.51. The van der Waals surface area contributed by atoms with Gasteiger partial charge in [0.25, 0.3) is 5.91 Å². The van der Waals surface area contributed by atoms with E-state index in [4.69, 9.17) is 21.1 Å². The van der Waals surface area contributed by atoms with Crippen LogP contribution in [0.15, 0.2) is 78.9 Å². The van der Waals surface area contributed by atoms with Gasteiger partial charge >= 0.3 is 0 Å². The van der Waals surface area contributed by atoms with E-state index in [-0.39, 0.29) is 25.0 Å². The Morgan fingerprint density at radius 3 is 2.20 bits per heavy atom. The van der Waals surface area contributed by atoms with Gasteiger partial charge in [0, 0.05) is 24.5 Å². The number of nitrogens with zero attached hydrogens (tertiary/aromatic N) is 1. The first-order valence-corrected chi connectivity index (χ1v) is 12.0. The standard InChI is InChI=1S/C28H31ClN2O4/c1-3-17-30-28(33)26(18-21-7-5-4-6-8-21)31(19-22-9-11-23(29)12-10-22)27(32)20-35-25-15-13-24(34-2)14-16-25/h4-16,26H,3,17-20H2,1-2H3,(H,30,33). The Morgan fingerprint density at radius 1 is 0.914 bits per heavy atom. The number of benzene rings is 3. The summed E-state index contributed by atoms with van der Waals surface area (Å²) in [6.07, 6.45) is 1.19. The Balaban J connectivity index is 1.86. The molecule has 1 atom stereocenters. The van der Waals surface area contributed by atoms with Gasteiger partial charge in [0.2, 0.25) is 5.91 Å². The highest BCUT2D eigenvalue weighted by Crippen LogP contribution is 2.19. The maximum Gasteiger partial charge on any atom is 0.261 e. The van der Waals surface area contributed by atoms with E-state index in [1.807, 2.05) is 49.4 Å². The predicted octanol–water partition coefficient (Wildman–Crippen LogP) is 4.89. The van der Waals surface area contributed by atoms with Crippen molar-refractivity contribution in [3.8, 4) is 11.5 Å². The fourth-order valence-corrected chi connectivity index (χ4v) is 3.73. The van der Waals surface area contributed by atoms with Crippen LogP contribution in [0.4, 0.5) is 0 Å². The Labute approximate surface area is 211 Å². The molecule has 0 aliphatic rings. The highest BCUT2D eigenvalue weighted by atomic mass is 35.5. The van der Waals surface area contributed by atoms with Crippen LogP contribution in [0.1, 0.15) is 24.5 Å². The molecule has 0 aromatic heterocycles. The second-order valence-electron chi connectivity index (χ2n) is 8.11. The molecule has 0 fully saturated rings. The van der Waals surface area contributed by atoms with Crippen molar-refractivity contribution in [3.05, 3.63) is 95.0 Å². The van der Waals surface area contributed by atoms with Crippen molar-refractivity contribution < 1.29 is 19.1 Å². The van der Waals surface area contributed by atoms with Gasteiger partial charge in [-0.2, -0.15) is 0 Å². The summed E-state index contributed by atoms with van der Waals surface area (Å²) in [5.41, 5.74) is 1.84. The second kappa shape index (κ2) is 13.4. The third-order valence-electron chi connectivity index (χ3n) is 5.51. The molecule has 7 heteroatoms. The summed E-state index contributed by atoms with van der Waals surface area (Å²) >= 11 is 6.05. The maximum atomic E-state index is 13.5. The normalized spacial score (nSPS) is 11.4. The molecule has 2 amide bonds. The third kappa shape index (κ3) is 8.04. The minimum absolute atomic E-state index is 0.192. The van der Waals surface area contributed by atoms with E-state index in [9.17, 15) is 9.59 Å². The minimum atomic E-state index is -0.702.